The van der Waals surface area contributed by atoms with Crippen LogP contribution < -0.4 is 15.4 Å². The number of nitrogens with one attached hydrogen (secondary N) is 3. The summed E-state index contributed by atoms with van der Waals surface area (Å²) in [6.45, 7) is 0. The van der Waals surface area contributed by atoms with Crippen molar-refractivity contribution >= 4 is 49.5 Å². The Balaban J connectivity index is 1.32. The number of para-hydroxylation sites is 1. The standard InChI is InChI=1S/C23H20N4O3S2/c28-22(25-19-13-11-18(12-14-19)24-17-7-3-1-4-8-17)15-20-16-31-23(26-20)27-32(29,30)21-9-5-2-6-10-21/h1-14,16,24H,15H2,(H,25,28)(H,26,27). The highest BCUT2D eigenvalue weighted by Gasteiger charge is 2.16. The lowest BCUT2D eigenvalue weighted by molar-refractivity contribution is -0.115. The molecule has 32 heavy (non-hydrogen) atoms. The van der Waals surface area contributed by atoms with Crippen LogP contribution in [0.4, 0.5) is 22.2 Å². The minimum atomic E-state index is -3.71. The van der Waals surface area contributed by atoms with E-state index in [1.165, 1.54) is 12.1 Å². The monoisotopic (exact) mass is 464 g/mol. The molecule has 0 aliphatic carbocycles. The number of hydrogen-bond acceptors (Lipinski definition) is 6. The van der Waals surface area contributed by atoms with E-state index < -0.39 is 10.0 Å². The highest BCUT2D eigenvalue weighted by atomic mass is 32.2. The van der Waals surface area contributed by atoms with Crippen molar-refractivity contribution in [2.45, 2.75) is 11.3 Å². The quantitative estimate of drug-likeness (QED) is 0.345. The van der Waals surface area contributed by atoms with Crippen molar-refractivity contribution in [3.8, 4) is 0 Å². The lowest BCUT2D eigenvalue weighted by Gasteiger charge is -2.08. The molecule has 0 bridgehead atoms. The number of amides is 1. The van der Waals surface area contributed by atoms with Gasteiger partial charge in [0.25, 0.3) is 10.0 Å². The zero-order chi connectivity index (χ0) is 22.4. The molecule has 0 saturated heterocycles. The number of carbonyl (C=O) groups is 1. The molecule has 4 rings (SSSR count). The summed E-state index contributed by atoms with van der Waals surface area (Å²) < 4.78 is 27.2. The molecule has 1 amide bonds. The molecule has 0 fully saturated rings. The van der Waals surface area contributed by atoms with Crippen LogP contribution in [-0.4, -0.2) is 19.3 Å². The topological polar surface area (TPSA) is 100 Å². The molecule has 0 aliphatic rings. The molecule has 3 aromatic carbocycles. The minimum Gasteiger partial charge on any atom is -0.356 e. The zero-order valence-electron chi connectivity index (χ0n) is 16.9. The number of carbonyl (C=O) groups excluding carboxylic acids is 1. The van der Waals surface area contributed by atoms with Gasteiger partial charge in [-0.1, -0.05) is 36.4 Å². The Morgan fingerprint density at radius 3 is 2.09 bits per heavy atom. The molecule has 1 heterocycles. The molecule has 0 spiro atoms. The second-order valence-electron chi connectivity index (χ2n) is 6.86. The third kappa shape index (κ3) is 5.71. The summed E-state index contributed by atoms with van der Waals surface area (Å²) in [7, 11) is -3.71. The number of rotatable bonds is 8. The fourth-order valence-electron chi connectivity index (χ4n) is 2.90. The van der Waals surface area contributed by atoms with Gasteiger partial charge in [-0.3, -0.25) is 9.52 Å². The average molecular weight is 465 g/mol. The summed E-state index contributed by atoms with van der Waals surface area (Å²) in [5.74, 6) is -0.239. The smallest absolute Gasteiger partial charge is 0.263 e. The maximum Gasteiger partial charge on any atom is 0.263 e. The molecule has 3 N–H and O–H groups in total. The van der Waals surface area contributed by atoms with E-state index in [0.29, 0.717) is 11.4 Å². The molecular formula is C23H20N4O3S2. The van der Waals surface area contributed by atoms with Gasteiger partial charge in [-0.25, -0.2) is 13.4 Å². The first-order valence-corrected chi connectivity index (χ1v) is 12.1. The highest BCUT2D eigenvalue weighted by molar-refractivity contribution is 7.93. The van der Waals surface area contributed by atoms with E-state index in [9.17, 15) is 13.2 Å². The van der Waals surface area contributed by atoms with Crippen LogP contribution in [0.1, 0.15) is 5.69 Å². The van der Waals surface area contributed by atoms with Gasteiger partial charge in [-0.15, -0.1) is 11.3 Å². The van der Waals surface area contributed by atoms with Crippen molar-refractivity contribution in [1.29, 1.82) is 0 Å². The average Bonchev–Trinajstić information content (AvgIpc) is 3.22. The second-order valence-corrected chi connectivity index (χ2v) is 9.40. The molecular weight excluding hydrogens is 444 g/mol. The van der Waals surface area contributed by atoms with Crippen LogP contribution in [0, 0.1) is 0 Å². The molecule has 162 valence electrons. The van der Waals surface area contributed by atoms with Crippen LogP contribution >= 0.6 is 11.3 Å². The summed E-state index contributed by atoms with van der Waals surface area (Å²) in [6, 6.07) is 25.2. The molecule has 9 heteroatoms. The molecule has 0 radical (unpaired) electrons. The van der Waals surface area contributed by atoms with Gasteiger partial charge in [0.1, 0.15) is 0 Å². The van der Waals surface area contributed by atoms with Crippen molar-refractivity contribution in [2.75, 3.05) is 15.4 Å². The molecule has 0 atom stereocenters. The van der Waals surface area contributed by atoms with Gasteiger partial charge < -0.3 is 10.6 Å². The van der Waals surface area contributed by atoms with Crippen molar-refractivity contribution in [3.05, 3.63) is 96.0 Å². The van der Waals surface area contributed by atoms with E-state index in [2.05, 4.69) is 20.3 Å². The van der Waals surface area contributed by atoms with Gasteiger partial charge in [0.2, 0.25) is 5.91 Å². The summed E-state index contributed by atoms with van der Waals surface area (Å²) in [4.78, 5) is 16.7. The van der Waals surface area contributed by atoms with E-state index in [4.69, 9.17) is 0 Å². The largest absolute Gasteiger partial charge is 0.356 e. The second kappa shape index (κ2) is 9.63. The molecule has 0 aliphatic heterocycles. The number of nitrogens with zero attached hydrogens (tertiary/aromatic N) is 1. The highest BCUT2D eigenvalue weighted by Crippen LogP contribution is 2.21. The Morgan fingerprint density at radius 2 is 1.41 bits per heavy atom. The maximum absolute atomic E-state index is 12.4. The Morgan fingerprint density at radius 1 is 0.812 bits per heavy atom. The number of benzene rings is 3. The minimum absolute atomic E-state index is 0.0353. The van der Waals surface area contributed by atoms with Gasteiger partial charge in [-0.05, 0) is 48.5 Å². The van der Waals surface area contributed by atoms with E-state index in [1.807, 2.05) is 54.6 Å². The first-order valence-electron chi connectivity index (χ1n) is 9.72. The van der Waals surface area contributed by atoms with E-state index in [1.54, 1.807) is 23.6 Å². The molecule has 0 unspecified atom stereocenters. The molecule has 1 aromatic heterocycles. The van der Waals surface area contributed by atoms with Crippen molar-refractivity contribution in [2.24, 2.45) is 0 Å². The van der Waals surface area contributed by atoms with Crippen molar-refractivity contribution in [3.63, 3.8) is 0 Å². The fraction of sp³-hybridized carbons (Fsp3) is 0.0435. The lowest BCUT2D eigenvalue weighted by atomic mass is 10.2. The molecule has 7 nitrogen and oxygen atoms in total. The van der Waals surface area contributed by atoms with Crippen molar-refractivity contribution in [1.82, 2.24) is 4.98 Å². The number of aromatic nitrogens is 1. The third-order valence-corrected chi connectivity index (χ3v) is 6.69. The third-order valence-electron chi connectivity index (χ3n) is 4.40. The lowest BCUT2D eigenvalue weighted by Crippen LogP contribution is -2.15. The number of hydrogen-bond donors (Lipinski definition) is 3. The number of thiazole rings is 1. The predicted molar refractivity (Wildman–Crippen MR) is 128 cm³/mol. The van der Waals surface area contributed by atoms with Gasteiger partial charge in [0.15, 0.2) is 5.13 Å². The van der Waals surface area contributed by atoms with Crippen molar-refractivity contribution < 1.29 is 13.2 Å². The van der Waals surface area contributed by atoms with E-state index >= 15 is 0 Å². The van der Waals surface area contributed by atoms with E-state index in [0.717, 1.165) is 22.7 Å². The Kier molecular flexibility index (Phi) is 6.48. The Hall–Kier alpha value is -3.69. The Bertz CT molecular complexity index is 1290. The number of anilines is 4. The van der Waals surface area contributed by atoms with Gasteiger partial charge >= 0.3 is 0 Å². The molecule has 0 saturated carbocycles. The Labute approximate surface area is 190 Å². The van der Waals surface area contributed by atoms with Crippen LogP contribution in [-0.2, 0) is 21.2 Å². The first-order chi connectivity index (χ1) is 15.5. The predicted octanol–water partition coefficient (Wildman–Crippen LogP) is 4.87. The summed E-state index contributed by atoms with van der Waals surface area (Å²) in [5.41, 5.74) is 3.03. The van der Waals surface area contributed by atoms with Crippen LogP contribution in [0.15, 0.2) is 95.2 Å². The normalized spacial score (nSPS) is 11.0. The summed E-state index contributed by atoms with van der Waals surface area (Å²) in [5, 5.41) is 7.98. The van der Waals surface area contributed by atoms with Gasteiger partial charge in [0.05, 0.1) is 17.0 Å². The zero-order valence-corrected chi connectivity index (χ0v) is 18.5. The SMILES string of the molecule is O=C(Cc1csc(NS(=O)(=O)c2ccccc2)n1)Nc1ccc(Nc2ccccc2)cc1. The summed E-state index contributed by atoms with van der Waals surface area (Å²) >= 11 is 1.13. The summed E-state index contributed by atoms with van der Waals surface area (Å²) in [6.07, 6.45) is 0.0353. The van der Waals surface area contributed by atoms with Crippen LogP contribution in [0.5, 0.6) is 0 Å². The number of sulfonamides is 1. The van der Waals surface area contributed by atoms with Gasteiger partial charge in [-0.2, -0.15) is 0 Å². The van der Waals surface area contributed by atoms with Crippen LogP contribution in [0.2, 0.25) is 0 Å². The van der Waals surface area contributed by atoms with E-state index in [-0.39, 0.29) is 22.4 Å². The first kappa shape index (κ1) is 21.5. The van der Waals surface area contributed by atoms with Crippen LogP contribution in [0.25, 0.3) is 0 Å². The molecule has 4 aromatic rings. The fourth-order valence-corrected chi connectivity index (χ4v) is 4.89. The van der Waals surface area contributed by atoms with Gasteiger partial charge in [0, 0.05) is 22.4 Å². The van der Waals surface area contributed by atoms with Crippen LogP contribution in [0.3, 0.4) is 0 Å². The maximum atomic E-state index is 12.4.